The Morgan fingerprint density at radius 3 is 2.79 bits per heavy atom. The van der Waals surface area contributed by atoms with Crippen LogP contribution in [-0.4, -0.2) is 29.2 Å². The maximum absolute atomic E-state index is 13.6. The van der Waals surface area contributed by atoms with Crippen LogP contribution in [0.2, 0.25) is 0 Å². The lowest BCUT2D eigenvalue weighted by Gasteiger charge is -2.23. The summed E-state index contributed by atoms with van der Waals surface area (Å²) in [5.74, 6) is 0.610. The summed E-state index contributed by atoms with van der Waals surface area (Å²) in [5.41, 5.74) is 0.953. The standard InChI is InChI=1S/C26H21N3O7S2/c1-4-35-25(31)22-14(2)27-26-28(23(22)20-6-5-11-37-20)24(30)21(38-26)13-16-8-10-18(36-16)17-9-7-15(29(32)33)12-19(17)34-3/h5-13,23H,4H2,1-3H3/b21-13+. The highest BCUT2D eigenvalue weighted by Crippen LogP contribution is 2.35. The highest BCUT2D eigenvalue weighted by atomic mass is 32.1. The number of carbonyl (C=O) groups excluding carboxylic acids is 1. The molecule has 1 aliphatic heterocycles. The van der Waals surface area contributed by atoms with Crippen LogP contribution in [0.25, 0.3) is 17.4 Å². The van der Waals surface area contributed by atoms with E-state index in [2.05, 4.69) is 4.99 Å². The number of esters is 1. The smallest absolute Gasteiger partial charge is 0.338 e. The first-order valence-electron chi connectivity index (χ1n) is 11.5. The predicted octanol–water partition coefficient (Wildman–Crippen LogP) is 4.04. The number of methoxy groups -OCH3 is 1. The van der Waals surface area contributed by atoms with E-state index in [-0.39, 0.29) is 23.6 Å². The van der Waals surface area contributed by atoms with Crippen LogP contribution in [0.1, 0.15) is 30.5 Å². The van der Waals surface area contributed by atoms with Gasteiger partial charge in [0.15, 0.2) is 4.80 Å². The maximum Gasteiger partial charge on any atom is 0.338 e. The second-order valence-corrected chi connectivity index (χ2v) is 10.1. The van der Waals surface area contributed by atoms with Crippen molar-refractivity contribution in [2.75, 3.05) is 13.7 Å². The largest absolute Gasteiger partial charge is 0.496 e. The number of non-ortho nitro benzene ring substituents is 1. The third kappa shape index (κ3) is 4.48. The number of nitro groups is 1. The minimum Gasteiger partial charge on any atom is -0.496 e. The van der Waals surface area contributed by atoms with Crippen molar-refractivity contribution in [1.82, 2.24) is 4.57 Å². The van der Waals surface area contributed by atoms with E-state index in [0.29, 0.717) is 37.7 Å². The summed E-state index contributed by atoms with van der Waals surface area (Å²) in [6.45, 7) is 3.67. The Kier molecular flexibility index (Phi) is 6.83. The van der Waals surface area contributed by atoms with Gasteiger partial charge in [-0.2, -0.15) is 0 Å². The first kappa shape index (κ1) is 25.4. The molecule has 12 heteroatoms. The number of ether oxygens (including phenoxy) is 2. The number of thiazole rings is 1. The predicted molar refractivity (Wildman–Crippen MR) is 142 cm³/mol. The monoisotopic (exact) mass is 551 g/mol. The Balaban J connectivity index is 1.59. The quantitative estimate of drug-likeness (QED) is 0.193. The lowest BCUT2D eigenvalue weighted by molar-refractivity contribution is -0.384. The summed E-state index contributed by atoms with van der Waals surface area (Å²) < 4.78 is 18.5. The summed E-state index contributed by atoms with van der Waals surface area (Å²) in [4.78, 5) is 42.9. The van der Waals surface area contributed by atoms with Crippen molar-refractivity contribution in [3.05, 3.63) is 99.6 Å². The number of aromatic nitrogens is 1. The van der Waals surface area contributed by atoms with Gasteiger partial charge >= 0.3 is 5.97 Å². The number of nitrogens with zero attached hydrogens (tertiary/aromatic N) is 3. The lowest BCUT2D eigenvalue weighted by atomic mass is 10.0. The highest BCUT2D eigenvalue weighted by Gasteiger charge is 2.33. The van der Waals surface area contributed by atoms with E-state index >= 15 is 0 Å². The normalized spacial score (nSPS) is 15.2. The molecule has 0 amide bonds. The number of nitro benzene ring substituents is 1. The van der Waals surface area contributed by atoms with Crippen LogP contribution in [0.4, 0.5) is 5.69 Å². The zero-order valence-electron chi connectivity index (χ0n) is 20.5. The summed E-state index contributed by atoms with van der Waals surface area (Å²) >= 11 is 2.64. The van der Waals surface area contributed by atoms with E-state index in [0.717, 1.165) is 4.88 Å². The van der Waals surface area contributed by atoms with Gasteiger partial charge in [0, 0.05) is 17.0 Å². The molecule has 0 bridgehead atoms. The third-order valence-corrected chi connectivity index (χ3v) is 7.80. The number of allylic oxidation sites excluding steroid dienone is 1. The first-order valence-corrected chi connectivity index (χ1v) is 13.2. The summed E-state index contributed by atoms with van der Waals surface area (Å²) in [5, 5.41) is 13.0. The molecule has 0 radical (unpaired) electrons. The topological polar surface area (TPSA) is 126 Å². The number of thiophene rings is 1. The van der Waals surface area contributed by atoms with Crippen LogP contribution in [0, 0.1) is 10.1 Å². The van der Waals surface area contributed by atoms with E-state index < -0.39 is 16.9 Å². The molecule has 0 N–H and O–H groups in total. The van der Waals surface area contributed by atoms with E-state index in [1.165, 1.54) is 46.5 Å². The number of carbonyl (C=O) groups is 1. The molecule has 4 heterocycles. The Bertz CT molecular complexity index is 1760. The molecule has 1 unspecified atom stereocenters. The molecule has 0 saturated heterocycles. The van der Waals surface area contributed by atoms with Gasteiger partial charge in [-0.15, -0.1) is 11.3 Å². The van der Waals surface area contributed by atoms with Crippen LogP contribution in [0.15, 0.2) is 73.3 Å². The van der Waals surface area contributed by atoms with Gasteiger partial charge < -0.3 is 13.9 Å². The van der Waals surface area contributed by atoms with Crippen LogP contribution in [0.3, 0.4) is 0 Å². The molecule has 10 nitrogen and oxygen atoms in total. The fourth-order valence-corrected chi connectivity index (χ4v) is 6.06. The number of fused-ring (bicyclic) bond motifs is 1. The van der Waals surface area contributed by atoms with Gasteiger partial charge in [0.2, 0.25) is 0 Å². The minimum atomic E-state index is -0.649. The Morgan fingerprint density at radius 1 is 1.29 bits per heavy atom. The molecule has 194 valence electrons. The van der Waals surface area contributed by atoms with Gasteiger partial charge in [-0.05, 0) is 43.5 Å². The molecule has 0 spiro atoms. The molecule has 0 fully saturated rings. The molecule has 4 aromatic rings. The fourth-order valence-electron chi connectivity index (χ4n) is 4.21. The Hall–Kier alpha value is -4.29. The average Bonchev–Trinajstić information content (AvgIpc) is 3.65. The molecule has 1 atom stereocenters. The van der Waals surface area contributed by atoms with Crippen LogP contribution in [0.5, 0.6) is 5.75 Å². The Morgan fingerprint density at radius 2 is 2.11 bits per heavy atom. The Labute approximate surface area is 223 Å². The molecular weight excluding hydrogens is 530 g/mol. The SMILES string of the molecule is CCOC(=O)C1=C(C)N=c2s/c(=C/c3ccc(-c4ccc([N+](=O)[O-])cc4OC)o3)c(=O)n2C1c1cccs1. The minimum absolute atomic E-state index is 0.101. The van der Waals surface area contributed by atoms with Gasteiger partial charge in [-0.3, -0.25) is 19.5 Å². The molecule has 5 rings (SSSR count). The van der Waals surface area contributed by atoms with Crippen LogP contribution >= 0.6 is 22.7 Å². The van der Waals surface area contributed by atoms with E-state index in [1.54, 1.807) is 38.1 Å². The van der Waals surface area contributed by atoms with E-state index in [1.807, 2.05) is 17.5 Å². The number of hydrogen-bond donors (Lipinski definition) is 0. The van der Waals surface area contributed by atoms with Crippen molar-refractivity contribution in [1.29, 1.82) is 0 Å². The zero-order valence-corrected chi connectivity index (χ0v) is 22.1. The number of furan rings is 1. The van der Waals surface area contributed by atoms with Crippen molar-refractivity contribution < 1.29 is 23.6 Å². The maximum atomic E-state index is 13.6. The van der Waals surface area contributed by atoms with Crippen molar-refractivity contribution >= 4 is 40.4 Å². The first-order chi connectivity index (χ1) is 18.3. The molecule has 38 heavy (non-hydrogen) atoms. The molecule has 1 aliphatic rings. The van der Waals surface area contributed by atoms with Gasteiger partial charge in [-0.25, -0.2) is 9.79 Å². The van der Waals surface area contributed by atoms with Crippen molar-refractivity contribution in [2.24, 2.45) is 4.99 Å². The summed E-state index contributed by atoms with van der Waals surface area (Å²) in [7, 11) is 1.42. The summed E-state index contributed by atoms with van der Waals surface area (Å²) in [6, 6.07) is 10.7. The molecule has 1 aromatic carbocycles. The van der Waals surface area contributed by atoms with Crippen LogP contribution < -0.4 is 19.6 Å². The molecule has 3 aromatic heterocycles. The van der Waals surface area contributed by atoms with Crippen molar-refractivity contribution in [3.63, 3.8) is 0 Å². The molecule has 0 aliphatic carbocycles. The van der Waals surface area contributed by atoms with E-state index in [9.17, 15) is 19.7 Å². The molecular formula is C26H21N3O7S2. The second kappa shape index (κ2) is 10.2. The van der Waals surface area contributed by atoms with Crippen molar-refractivity contribution in [3.8, 4) is 17.1 Å². The number of benzene rings is 1. The number of rotatable bonds is 7. The fraction of sp³-hybridized carbons (Fsp3) is 0.192. The van der Waals surface area contributed by atoms with Gasteiger partial charge in [0.1, 0.15) is 23.3 Å². The number of hydrogen-bond acceptors (Lipinski definition) is 10. The van der Waals surface area contributed by atoms with E-state index in [4.69, 9.17) is 13.9 Å². The van der Waals surface area contributed by atoms with Gasteiger partial charge in [-0.1, -0.05) is 17.4 Å². The summed E-state index contributed by atoms with van der Waals surface area (Å²) in [6.07, 6.45) is 1.61. The van der Waals surface area contributed by atoms with Crippen LogP contribution in [-0.2, 0) is 9.53 Å². The van der Waals surface area contributed by atoms with Gasteiger partial charge in [0.25, 0.3) is 11.2 Å². The zero-order chi connectivity index (χ0) is 27.0. The van der Waals surface area contributed by atoms with Gasteiger partial charge in [0.05, 0.1) is 46.1 Å². The van der Waals surface area contributed by atoms with Crippen molar-refractivity contribution in [2.45, 2.75) is 19.9 Å². The third-order valence-electron chi connectivity index (χ3n) is 5.89. The average molecular weight is 552 g/mol. The molecule has 0 saturated carbocycles. The lowest BCUT2D eigenvalue weighted by Crippen LogP contribution is -2.39. The highest BCUT2D eigenvalue weighted by molar-refractivity contribution is 7.10. The second-order valence-electron chi connectivity index (χ2n) is 8.16.